The maximum Gasteiger partial charge on any atom is 0.303 e. The van der Waals surface area contributed by atoms with Gasteiger partial charge < -0.3 is 10.0 Å². The Hall–Kier alpha value is -1.89. The summed E-state index contributed by atoms with van der Waals surface area (Å²) in [4.78, 5) is 24.8. The van der Waals surface area contributed by atoms with Crippen molar-refractivity contribution in [1.82, 2.24) is 4.90 Å². The summed E-state index contributed by atoms with van der Waals surface area (Å²) < 4.78 is 24.9. The first-order chi connectivity index (χ1) is 11.9. The number of hydrogen-bond acceptors (Lipinski definition) is 4. The Labute approximate surface area is 148 Å². The summed E-state index contributed by atoms with van der Waals surface area (Å²) in [5, 5.41) is 8.38. The van der Waals surface area contributed by atoms with E-state index in [-0.39, 0.29) is 13.0 Å². The molecule has 1 aliphatic carbocycles. The molecule has 6 nitrogen and oxygen atoms in total. The molecule has 0 unspecified atom stereocenters. The van der Waals surface area contributed by atoms with Crippen LogP contribution in [0.25, 0.3) is 0 Å². The smallest absolute Gasteiger partial charge is 0.303 e. The topological polar surface area (TPSA) is 91.8 Å². The maximum absolute atomic E-state index is 12.6. The highest BCUT2D eigenvalue weighted by molar-refractivity contribution is 7.92. The zero-order valence-electron chi connectivity index (χ0n) is 14.3. The molecule has 0 spiro atoms. The largest absolute Gasteiger partial charge is 0.481 e. The van der Waals surface area contributed by atoms with E-state index in [9.17, 15) is 18.0 Å². The van der Waals surface area contributed by atoms with Crippen molar-refractivity contribution in [3.05, 3.63) is 35.9 Å². The van der Waals surface area contributed by atoms with E-state index in [2.05, 4.69) is 0 Å². The van der Waals surface area contributed by atoms with Crippen LogP contribution in [0.5, 0.6) is 0 Å². The van der Waals surface area contributed by atoms with Crippen LogP contribution in [0.1, 0.15) is 44.1 Å². The first-order valence-corrected chi connectivity index (χ1v) is 10.3. The highest BCUT2D eigenvalue weighted by Gasteiger charge is 2.32. The number of rotatable bonds is 9. The number of carboxylic acid groups (broad SMARTS) is 1. The average Bonchev–Trinajstić information content (AvgIpc) is 3.09. The Balaban J connectivity index is 2.04. The molecule has 2 rings (SSSR count). The van der Waals surface area contributed by atoms with Crippen LogP contribution in [0.15, 0.2) is 30.3 Å². The first kappa shape index (κ1) is 19.4. The summed E-state index contributed by atoms with van der Waals surface area (Å²) in [6.07, 6.45) is 3.31. The van der Waals surface area contributed by atoms with Crippen molar-refractivity contribution in [2.24, 2.45) is 0 Å². The van der Waals surface area contributed by atoms with E-state index in [1.54, 1.807) is 0 Å². The Bertz CT molecular complexity index is 681. The molecule has 7 heteroatoms. The number of sulfone groups is 1. The van der Waals surface area contributed by atoms with Crippen molar-refractivity contribution in [3.63, 3.8) is 0 Å². The standard InChI is InChI=1S/C18H25NO5S/c20-17(14-25(23,24)16-9-4-5-10-16)19(12-6-11-18(21)22)13-15-7-2-1-3-8-15/h1-3,7-8,16H,4-6,9-14H2,(H,21,22). The zero-order valence-corrected chi connectivity index (χ0v) is 15.1. The minimum atomic E-state index is -3.45. The lowest BCUT2D eigenvalue weighted by Gasteiger charge is -2.23. The van der Waals surface area contributed by atoms with Gasteiger partial charge in [0, 0.05) is 19.5 Å². The predicted molar refractivity (Wildman–Crippen MR) is 94.8 cm³/mol. The molecule has 0 heterocycles. The van der Waals surface area contributed by atoms with Gasteiger partial charge in [-0.3, -0.25) is 9.59 Å². The minimum absolute atomic E-state index is 0.0477. The van der Waals surface area contributed by atoms with Crippen LogP contribution >= 0.6 is 0 Å². The molecule has 0 aliphatic heterocycles. The minimum Gasteiger partial charge on any atom is -0.481 e. The summed E-state index contributed by atoms with van der Waals surface area (Å²) in [6.45, 7) is 0.527. The van der Waals surface area contributed by atoms with Crippen molar-refractivity contribution >= 4 is 21.7 Å². The van der Waals surface area contributed by atoms with E-state index in [0.29, 0.717) is 25.8 Å². The second-order valence-corrected chi connectivity index (χ2v) is 8.79. The fourth-order valence-electron chi connectivity index (χ4n) is 3.15. The predicted octanol–water partition coefficient (Wildman–Crippen LogP) is 2.24. The molecular formula is C18H25NO5S. The molecule has 0 aromatic heterocycles. The van der Waals surface area contributed by atoms with Crippen LogP contribution in [0.2, 0.25) is 0 Å². The second kappa shape index (κ2) is 8.99. The monoisotopic (exact) mass is 367 g/mol. The Morgan fingerprint density at radius 3 is 2.36 bits per heavy atom. The number of benzene rings is 1. The first-order valence-electron chi connectivity index (χ1n) is 8.63. The molecule has 0 atom stereocenters. The third kappa shape index (κ3) is 6.16. The fraction of sp³-hybridized carbons (Fsp3) is 0.556. The molecule has 0 radical (unpaired) electrons. The SMILES string of the molecule is O=C(O)CCCN(Cc1ccccc1)C(=O)CS(=O)(=O)C1CCCC1. The van der Waals surface area contributed by atoms with Gasteiger partial charge >= 0.3 is 5.97 Å². The van der Waals surface area contributed by atoms with E-state index in [1.807, 2.05) is 30.3 Å². The van der Waals surface area contributed by atoms with Gasteiger partial charge in [-0.15, -0.1) is 0 Å². The lowest BCUT2D eigenvalue weighted by molar-refractivity contribution is -0.138. The van der Waals surface area contributed by atoms with Crippen LogP contribution in [-0.4, -0.2) is 47.8 Å². The molecular weight excluding hydrogens is 342 g/mol. The van der Waals surface area contributed by atoms with Gasteiger partial charge in [-0.2, -0.15) is 0 Å². The van der Waals surface area contributed by atoms with Gasteiger partial charge in [0.2, 0.25) is 5.91 Å². The van der Waals surface area contributed by atoms with E-state index in [4.69, 9.17) is 5.11 Å². The van der Waals surface area contributed by atoms with Crippen LogP contribution in [0.4, 0.5) is 0 Å². The van der Waals surface area contributed by atoms with E-state index in [1.165, 1.54) is 4.90 Å². The van der Waals surface area contributed by atoms with Gasteiger partial charge in [0.15, 0.2) is 9.84 Å². The van der Waals surface area contributed by atoms with Gasteiger partial charge in [0.1, 0.15) is 5.75 Å². The molecule has 0 saturated heterocycles. The molecule has 1 aromatic rings. The number of carbonyl (C=O) groups excluding carboxylic acids is 1. The van der Waals surface area contributed by atoms with Crippen LogP contribution in [-0.2, 0) is 26.0 Å². The summed E-state index contributed by atoms with van der Waals surface area (Å²) in [5.41, 5.74) is 0.893. The molecule has 25 heavy (non-hydrogen) atoms. The summed E-state index contributed by atoms with van der Waals surface area (Å²) in [6, 6.07) is 9.30. The van der Waals surface area contributed by atoms with Crippen molar-refractivity contribution in [2.75, 3.05) is 12.3 Å². The van der Waals surface area contributed by atoms with Gasteiger partial charge in [-0.1, -0.05) is 43.2 Å². The molecule has 1 saturated carbocycles. The molecule has 138 valence electrons. The second-order valence-electron chi connectivity index (χ2n) is 6.51. The van der Waals surface area contributed by atoms with Gasteiger partial charge in [-0.05, 0) is 24.8 Å². The molecule has 1 aromatic carbocycles. The van der Waals surface area contributed by atoms with Crippen molar-refractivity contribution in [2.45, 2.75) is 50.3 Å². The maximum atomic E-state index is 12.6. The number of hydrogen-bond donors (Lipinski definition) is 1. The lowest BCUT2D eigenvalue weighted by Crippen LogP contribution is -2.38. The zero-order chi connectivity index (χ0) is 18.3. The summed E-state index contributed by atoms with van der Waals surface area (Å²) in [7, 11) is -3.45. The van der Waals surface area contributed by atoms with E-state index < -0.39 is 32.7 Å². The number of amides is 1. The Morgan fingerprint density at radius 1 is 1.12 bits per heavy atom. The number of aliphatic carboxylic acids is 1. The molecule has 1 amide bonds. The van der Waals surface area contributed by atoms with Gasteiger partial charge in [-0.25, -0.2) is 8.42 Å². The van der Waals surface area contributed by atoms with Crippen LogP contribution < -0.4 is 0 Å². The third-order valence-electron chi connectivity index (χ3n) is 4.52. The molecule has 1 fully saturated rings. The van der Waals surface area contributed by atoms with E-state index >= 15 is 0 Å². The Morgan fingerprint density at radius 2 is 1.76 bits per heavy atom. The lowest BCUT2D eigenvalue weighted by atomic mass is 10.2. The van der Waals surface area contributed by atoms with Crippen molar-refractivity contribution in [3.8, 4) is 0 Å². The van der Waals surface area contributed by atoms with E-state index in [0.717, 1.165) is 18.4 Å². The Kier molecular flexibility index (Phi) is 6.99. The highest BCUT2D eigenvalue weighted by Crippen LogP contribution is 2.25. The average molecular weight is 367 g/mol. The van der Waals surface area contributed by atoms with Crippen LogP contribution in [0.3, 0.4) is 0 Å². The summed E-state index contributed by atoms with van der Waals surface area (Å²) >= 11 is 0. The van der Waals surface area contributed by atoms with Gasteiger partial charge in [0.25, 0.3) is 0 Å². The van der Waals surface area contributed by atoms with Crippen molar-refractivity contribution in [1.29, 1.82) is 0 Å². The quantitative estimate of drug-likeness (QED) is 0.723. The molecule has 0 bridgehead atoms. The highest BCUT2D eigenvalue weighted by atomic mass is 32.2. The molecule has 1 aliphatic rings. The van der Waals surface area contributed by atoms with Crippen LogP contribution in [0, 0.1) is 0 Å². The molecule has 1 N–H and O–H groups in total. The normalized spacial score (nSPS) is 15.2. The third-order valence-corrected chi connectivity index (χ3v) is 6.66. The number of carboxylic acids is 1. The fourth-order valence-corrected chi connectivity index (χ4v) is 4.96. The number of nitrogens with zero attached hydrogens (tertiary/aromatic N) is 1. The number of carbonyl (C=O) groups is 2. The van der Waals surface area contributed by atoms with Gasteiger partial charge in [0.05, 0.1) is 5.25 Å². The summed E-state index contributed by atoms with van der Waals surface area (Å²) in [5.74, 6) is -1.86. The van der Waals surface area contributed by atoms with Crippen molar-refractivity contribution < 1.29 is 23.1 Å².